The molecular weight excluding hydrogens is 460 g/mol. The molecule has 0 aliphatic heterocycles. The van der Waals surface area contributed by atoms with Crippen molar-refractivity contribution >= 4 is 27.1 Å². The van der Waals surface area contributed by atoms with Crippen LogP contribution in [0, 0.1) is 12.8 Å². The first-order valence-corrected chi connectivity index (χ1v) is 13.3. The molecule has 182 valence electrons. The lowest BCUT2D eigenvalue weighted by molar-refractivity contribution is -0.0457. The van der Waals surface area contributed by atoms with Crippen LogP contribution in [0.3, 0.4) is 0 Å². The molecule has 6 nitrogen and oxygen atoms in total. The molecule has 0 spiro atoms. The van der Waals surface area contributed by atoms with E-state index in [1.807, 2.05) is 29.5 Å². The zero-order chi connectivity index (χ0) is 24.7. The second kappa shape index (κ2) is 9.09. The Hall–Kier alpha value is -2.81. The van der Waals surface area contributed by atoms with Crippen molar-refractivity contribution in [1.29, 1.82) is 0 Å². The summed E-state index contributed by atoms with van der Waals surface area (Å²) in [7, 11) is -3.44. The molecule has 1 atom stereocenters. The highest BCUT2D eigenvalue weighted by Gasteiger charge is 2.36. The van der Waals surface area contributed by atoms with Crippen LogP contribution in [0.25, 0.3) is 5.65 Å². The summed E-state index contributed by atoms with van der Waals surface area (Å²) in [5, 5.41) is 2.00. The molecular formula is C25H29F2N3O3S. The third-order valence-electron chi connectivity index (χ3n) is 6.67. The number of halogens is 2. The number of rotatable bonds is 6. The summed E-state index contributed by atoms with van der Waals surface area (Å²) in [6, 6.07) is 12.5. The predicted molar refractivity (Wildman–Crippen MR) is 128 cm³/mol. The first-order chi connectivity index (χ1) is 15.9. The van der Waals surface area contributed by atoms with Gasteiger partial charge in [0, 0.05) is 41.7 Å². The number of carbonyl (C=O) groups is 1. The van der Waals surface area contributed by atoms with Crippen LogP contribution in [0.2, 0.25) is 0 Å². The van der Waals surface area contributed by atoms with E-state index in [1.165, 1.54) is 0 Å². The Kier molecular flexibility index (Phi) is 6.50. The molecule has 1 saturated carbocycles. The number of aromatic nitrogens is 2. The Bertz CT molecular complexity index is 1310. The highest BCUT2D eigenvalue weighted by Crippen LogP contribution is 2.39. The molecule has 4 rings (SSSR count). The smallest absolute Gasteiger partial charge is 0.255 e. The average Bonchev–Trinajstić information content (AvgIpc) is 3.13. The van der Waals surface area contributed by atoms with Crippen molar-refractivity contribution in [2.75, 3.05) is 11.6 Å². The molecule has 3 aromatic rings. The van der Waals surface area contributed by atoms with Crippen LogP contribution in [0.5, 0.6) is 0 Å². The molecule has 34 heavy (non-hydrogen) atoms. The molecule has 1 aliphatic rings. The summed E-state index contributed by atoms with van der Waals surface area (Å²) in [5.74, 6) is -2.91. The number of pyridine rings is 1. The zero-order valence-electron chi connectivity index (χ0n) is 19.5. The second-order valence-corrected chi connectivity index (χ2v) is 11.7. The summed E-state index contributed by atoms with van der Waals surface area (Å²) in [6.07, 6.45) is 2.07. The Morgan fingerprint density at radius 1 is 1.21 bits per heavy atom. The number of benzene rings is 1. The lowest BCUT2D eigenvalue weighted by atomic mass is 9.83. The maximum Gasteiger partial charge on any atom is 0.255 e. The minimum Gasteiger partial charge on any atom is -0.322 e. The molecule has 0 saturated heterocycles. The Morgan fingerprint density at radius 2 is 1.85 bits per heavy atom. The van der Waals surface area contributed by atoms with Gasteiger partial charge in [-0.3, -0.25) is 4.79 Å². The maximum absolute atomic E-state index is 13.7. The zero-order valence-corrected chi connectivity index (χ0v) is 20.3. The highest BCUT2D eigenvalue weighted by molar-refractivity contribution is 7.90. The van der Waals surface area contributed by atoms with E-state index in [-0.39, 0.29) is 24.7 Å². The van der Waals surface area contributed by atoms with Gasteiger partial charge < -0.3 is 9.72 Å². The highest BCUT2D eigenvalue weighted by atomic mass is 32.2. The van der Waals surface area contributed by atoms with Gasteiger partial charge in [-0.2, -0.15) is 0 Å². The SMILES string of the molecule is Cc1cc(C(=O)Nc2ccccc2)cc2nc(C(C)S(C)(=O)=O)c(CC3CCC(F)(F)CC3)n12. The number of nitrogens with one attached hydrogen (secondary N) is 1. The molecule has 1 aliphatic carbocycles. The summed E-state index contributed by atoms with van der Waals surface area (Å²) < 4.78 is 54.0. The van der Waals surface area contributed by atoms with E-state index >= 15 is 0 Å². The number of amides is 1. The number of hydrogen-bond donors (Lipinski definition) is 1. The van der Waals surface area contributed by atoms with E-state index in [2.05, 4.69) is 10.3 Å². The van der Waals surface area contributed by atoms with E-state index in [0.717, 1.165) is 17.6 Å². The number of alkyl halides is 2. The fraction of sp³-hybridized carbons (Fsp3) is 0.440. The molecule has 1 fully saturated rings. The van der Waals surface area contributed by atoms with Gasteiger partial charge in [-0.15, -0.1) is 0 Å². The average molecular weight is 490 g/mol. The first kappa shape index (κ1) is 24.3. The topological polar surface area (TPSA) is 80.5 Å². The van der Waals surface area contributed by atoms with E-state index in [4.69, 9.17) is 0 Å². The molecule has 2 aromatic heterocycles. The van der Waals surface area contributed by atoms with Gasteiger partial charge in [0.2, 0.25) is 5.92 Å². The van der Waals surface area contributed by atoms with Gasteiger partial charge in [-0.05, 0) is 63.3 Å². The van der Waals surface area contributed by atoms with Gasteiger partial charge in [-0.25, -0.2) is 22.2 Å². The number of hydrogen-bond acceptors (Lipinski definition) is 4. The largest absolute Gasteiger partial charge is 0.322 e. The molecule has 2 heterocycles. The minimum atomic E-state index is -3.44. The molecule has 1 aromatic carbocycles. The number of aryl methyl sites for hydroxylation is 1. The fourth-order valence-corrected chi connectivity index (χ4v) is 5.20. The molecule has 9 heteroatoms. The van der Waals surface area contributed by atoms with Crippen LogP contribution < -0.4 is 5.32 Å². The van der Waals surface area contributed by atoms with Crippen molar-refractivity contribution in [3.63, 3.8) is 0 Å². The number of sulfone groups is 1. The summed E-state index contributed by atoms with van der Waals surface area (Å²) in [4.78, 5) is 17.5. The lowest BCUT2D eigenvalue weighted by Crippen LogP contribution is -2.26. The van der Waals surface area contributed by atoms with Gasteiger partial charge in [0.25, 0.3) is 5.91 Å². The van der Waals surface area contributed by atoms with Crippen molar-refractivity contribution in [3.05, 3.63) is 65.1 Å². The van der Waals surface area contributed by atoms with Crippen molar-refractivity contribution < 1.29 is 22.0 Å². The first-order valence-electron chi connectivity index (χ1n) is 11.4. The molecule has 1 unspecified atom stereocenters. The molecule has 1 N–H and O–H groups in total. The van der Waals surface area contributed by atoms with Gasteiger partial charge in [-0.1, -0.05) is 18.2 Å². The van der Waals surface area contributed by atoms with E-state index in [0.29, 0.717) is 41.9 Å². The summed E-state index contributed by atoms with van der Waals surface area (Å²) in [5.41, 5.74) is 3.40. The fourth-order valence-electron chi connectivity index (χ4n) is 4.61. The molecule has 0 bridgehead atoms. The number of carbonyl (C=O) groups excluding carboxylic acids is 1. The van der Waals surface area contributed by atoms with Crippen molar-refractivity contribution in [2.45, 2.75) is 57.1 Å². The molecule has 1 amide bonds. The Labute approximate surface area is 198 Å². The van der Waals surface area contributed by atoms with Gasteiger partial charge in [0.15, 0.2) is 9.84 Å². The van der Waals surface area contributed by atoms with Crippen molar-refractivity contribution in [3.8, 4) is 0 Å². The predicted octanol–water partition coefficient (Wildman–Crippen LogP) is 5.37. The number of nitrogens with zero attached hydrogens (tertiary/aromatic N) is 2. The number of para-hydroxylation sites is 1. The van der Waals surface area contributed by atoms with Crippen LogP contribution in [0.4, 0.5) is 14.5 Å². The minimum absolute atomic E-state index is 0.0190. The van der Waals surface area contributed by atoms with Crippen LogP contribution >= 0.6 is 0 Å². The van der Waals surface area contributed by atoms with Crippen molar-refractivity contribution in [2.24, 2.45) is 5.92 Å². The van der Waals surface area contributed by atoms with E-state index in [9.17, 15) is 22.0 Å². The van der Waals surface area contributed by atoms with E-state index < -0.39 is 21.0 Å². The van der Waals surface area contributed by atoms with Gasteiger partial charge >= 0.3 is 0 Å². The van der Waals surface area contributed by atoms with Crippen LogP contribution in [-0.4, -0.2) is 35.9 Å². The molecule has 0 radical (unpaired) electrons. The third kappa shape index (κ3) is 5.14. The van der Waals surface area contributed by atoms with Gasteiger partial charge in [0.1, 0.15) is 10.9 Å². The number of imidazole rings is 1. The Balaban J connectivity index is 1.74. The Morgan fingerprint density at radius 3 is 2.47 bits per heavy atom. The van der Waals surface area contributed by atoms with E-state index in [1.54, 1.807) is 31.2 Å². The van der Waals surface area contributed by atoms with Crippen molar-refractivity contribution in [1.82, 2.24) is 9.38 Å². The number of fused-ring (bicyclic) bond motifs is 1. The summed E-state index contributed by atoms with van der Waals surface area (Å²) >= 11 is 0. The van der Waals surface area contributed by atoms with Crippen LogP contribution in [0.1, 0.15) is 65.3 Å². The lowest BCUT2D eigenvalue weighted by Gasteiger charge is -2.28. The monoisotopic (exact) mass is 489 g/mol. The van der Waals surface area contributed by atoms with Crippen LogP contribution in [-0.2, 0) is 16.3 Å². The third-order valence-corrected chi connectivity index (χ3v) is 8.18. The second-order valence-electron chi connectivity index (χ2n) is 9.32. The van der Waals surface area contributed by atoms with Gasteiger partial charge in [0.05, 0.1) is 5.69 Å². The van der Waals surface area contributed by atoms with Crippen LogP contribution in [0.15, 0.2) is 42.5 Å². The standard InChI is InChI=1S/C25H29F2N3O3S/c1-16-13-19(24(31)28-20-7-5-4-6-8-20)15-22-29-23(17(2)34(3,32)33)21(30(16)22)14-18-9-11-25(26,27)12-10-18/h4-8,13,15,17-18H,9-12,14H2,1-3H3,(H,28,31). The normalized spacial score (nSPS) is 17.6. The maximum atomic E-state index is 13.7. The quantitative estimate of drug-likeness (QED) is 0.505. The summed E-state index contributed by atoms with van der Waals surface area (Å²) in [6.45, 7) is 3.43. The number of anilines is 1.